The molecule has 0 radical (unpaired) electrons. The number of para-hydroxylation sites is 5. The third kappa shape index (κ3) is 5.55. The van der Waals surface area contributed by atoms with Gasteiger partial charge in [-0.25, -0.2) is 9.97 Å². The van der Waals surface area contributed by atoms with E-state index in [1.165, 1.54) is 9.80 Å². The summed E-state index contributed by atoms with van der Waals surface area (Å²) < 4.78 is 17.9. The molecule has 11 rings (SSSR count). The zero-order valence-electron chi connectivity index (χ0n) is 32.0. The Morgan fingerprint density at radius 3 is 1.72 bits per heavy atom. The van der Waals surface area contributed by atoms with Crippen molar-refractivity contribution in [3.63, 3.8) is 0 Å². The fraction of sp³-hybridized carbons (Fsp3) is 0.208. The SMILES string of the molecule is O=C1[C@H]2[C@H](CC=C3[C@H]2C[C@H]2C(=O)N(c4ccc(-c5nc6ccccc6o5)cc4)C(=O)[C@H]2[C@H]3c2ccccc2OCCO)C(=O)N1c1ccc(-c2nc3ccccc3o2)cc1. The minimum atomic E-state index is -0.796. The minimum Gasteiger partial charge on any atom is -0.491 e. The summed E-state index contributed by atoms with van der Waals surface area (Å²) >= 11 is 0. The quantitative estimate of drug-likeness (QED) is 0.119. The first kappa shape index (κ1) is 35.9. The second-order valence-corrected chi connectivity index (χ2v) is 15.7. The zero-order valence-corrected chi connectivity index (χ0v) is 32.0. The maximum absolute atomic E-state index is 14.8. The van der Waals surface area contributed by atoms with Gasteiger partial charge in [0.2, 0.25) is 35.4 Å². The van der Waals surface area contributed by atoms with Crippen LogP contribution >= 0.6 is 0 Å². The molecule has 2 saturated heterocycles. The molecule has 4 amide bonds. The van der Waals surface area contributed by atoms with Crippen LogP contribution in [0.15, 0.2) is 142 Å². The number of allylic oxidation sites excluding steroid dienone is 2. The molecular weight excluding hydrogens is 761 g/mol. The number of nitrogens with zero attached hydrogens (tertiary/aromatic N) is 4. The number of aliphatic hydroxyl groups excluding tert-OH is 1. The number of ether oxygens (including phenoxy) is 1. The van der Waals surface area contributed by atoms with Gasteiger partial charge in [-0.05, 0) is 97.6 Å². The molecule has 7 aromatic rings. The number of hydrogen-bond acceptors (Lipinski definition) is 10. The van der Waals surface area contributed by atoms with E-state index < -0.39 is 35.5 Å². The van der Waals surface area contributed by atoms with E-state index in [-0.39, 0.29) is 43.3 Å². The number of aliphatic hydroxyl groups is 1. The Labute approximate surface area is 342 Å². The summed E-state index contributed by atoms with van der Waals surface area (Å²) in [5.74, 6) is -4.08. The van der Waals surface area contributed by atoms with E-state index in [9.17, 15) is 24.3 Å². The van der Waals surface area contributed by atoms with Gasteiger partial charge in [0.15, 0.2) is 11.2 Å². The highest BCUT2D eigenvalue weighted by molar-refractivity contribution is 6.24. The first-order valence-electron chi connectivity index (χ1n) is 20.1. The van der Waals surface area contributed by atoms with Gasteiger partial charge in [0, 0.05) is 22.6 Å². The lowest BCUT2D eigenvalue weighted by Gasteiger charge is -2.44. The Morgan fingerprint density at radius 2 is 1.13 bits per heavy atom. The number of carbonyl (C=O) groups excluding carboxylic acids is 4. The molecule has 12 heteroatoms. The van der Waals surface area contributed by atoms with Crippen LogP contribution in [-0.2, 0) is 19.2 Å². The van der Waals surface area contributed by atoms with Crippen LogP contribution in [0, 0.1) is 29.6 Å². The number of amides is 4. The Kier molecular flexibility index (Phi) is 8.38. The summed E-state index contributed by atoms with van der Waals surface area (Å²) in [6.45, 7) is -0.184. The van der Waals surface area contributed by atoms with Crippen LogP contribution in [0.5, 0.6) is 5.75 Å². The normalized spacial score (nSPS) is 23.6. The van der Waals surface area contributed by atoms with Gasteiger partial charge in [-0.15, -0.1) is 0 Å². The highest BCUT2D eigenvalue weighted by atomic mass is 16.5. The third-order valence-corrected chi connectivity index (χ3v) is 12.6. The zero-order chi connectivity index (χ0) is 40.6. The van der Waals surface area contributed by atoms with Gasteiger partial charge in [-0.2, -0.15) is 0 Å². The summed E-state index contributed by atoms with van der Waals surface area (Å²) in [4.78, 5) is 70.1. The van der Waals surface area contributed by atoms with Crippen molar-refractivity contribution in [2.24, 2.45) is 29.6 Å². The lowest BCUT2D eigenvalue weighted by Crippen LogP contribution is -2.43. The number of aromatic nitrogens is 2. The predicted molar refractivity (Wildman–Crippen MR) is 220 cm³/mol. The molecule has 0 bridgehead atoms. The van der Waals surface area contributed by atoms with E-state index in [2.05, 4.69) is 9.97 Å². The summed E-state index contributed by atoms with van der Waals surface area (Å²) in [6, 6.07) is 36.3. The molecule has 4 heterocycles. The van der Waals surface area contributed by atoms with E-state index in [1.54, 1.807) is 54.6 Å². The van der Waals surface area contributed by atoms with Gasteiger partial charge in [0.25, 0.3) is 0 Å². The lowest BCUT2D eigenvalue weighted by atomic mass is 9.57. The van der Waals surface area contributed by atoms with Gasteiger partial charge in [0.05, 0.1) is 41.7 Å². The van der Waals surface area contributed by atoms with Crippen molar-refractivity contribution < 1.29 is 37.9 Å². The molecule has 2 aliphatic heterocycles. The molecule has 1 saturated carbocycles. The average Bonchev–Trinajstić information content (AvgIpc) is 4.04. The summed E-state index contributed by atoms with van der Waals surface area (Å²) in [5.41, 5.74) is 6.54. The van der Waals surface area contributed by atoms with Crippen LogP contribution in [-0.4, -0.2) is 51.9 Å². The van der Waals surface area contributed by atoms with Crippen LogP contribution < -0.4 is 14.5 Å². The van der Waals surface area contributed by atoms with Crippen molar-refractivity contribution in [1.82, 2.24) is 9.97 Å². The number of carbonyl (C=O) groups is 4. The molecule has 296 valence electrons. The van der Waals surface area contributed by atoms with Crippen molar-refractivity contribution in [3.8, 4) is 28.7 Å². The van der Waals surface area contributed by atoms with Crippen molar-refractivity contribution in [3.05, 3.63) is 139 Å². The maximum Gasteiger partial charge on any atom is 0.238 e. The maximum atomic E-state index is 14.8. The predicted octanol–water partition coefficient (Wildman–Crippen LogP) is 7.72. The van der Waals surface area contributed by atoms with Crippen molar-refractivity contribution in [2.75, 3.05) is 23.0 Å². The number of rotatable bonds is 8. The first-order chi connectivity index (χ1) is 29.4. The topological polar surface area (TPSA) is 156 Å². The average molecular weight is 797 g/mol. The van der Waals surface area contributed by atoms with Crippen LogP contribution in [0.2, 0.25) is 0 Å². The molecule has 6 atom stereocenters. The number of imide groups is 2. The standard InChI is InChI=1S/C48H36N4O8/c53-23-24-58-37-10-4-1-7-31(37)40-30-21-22-32-41(47(56)51(45(32)54)28-17-13-26(14-18-28)43-49-35-8-2-5-11-38(35)59-43)33(30)25-34-42(40)48(57)52(46(34)55)29-19-15-27(16-20-29)44-50-36-9-3-6-12-39(36)60-44/h1-21,32-34,40-42,53H,22-25H2/t32-,33+,34+,40+,41-,42+/m0/s1. The van der Waals surface area contributed by atoms with Crippen molar-refractivity contribution >= 4 is 57.2 Å². The number of benzene rings is 5. The number of oxazole rings is 2. The molecule has 60 heavy (non-hydrogen) atoms. The second-order valence-electron chi connectivity index (χ2n) is 15.7. The molecule has 2 aromatic heterocycles. The Bertz CT molecular complexity index is 2850. The molecule has 5 aromatic carbocycles. The smallest absolute Gasteiger partial charge is 0.238 e. The second kappa shape index (κ2) is 14.0. The highest BCUT2D eigenvalue weighted by Gasteiger charge is 2.62. The van der Waals surface area contributed by atoms with Gasteiger partial charge in [-0.1, -0.05) is 54.1 Å². The van der Waals surface area contributed by atoms with Gasteiger partial charge in [0.1, 0.15) is 23.4 Å². The number of hydrogen-bond donors (Lipinski definition) is 1. The van der Waals surface area contributed by atoms with Crippen LogP contribution in [0.4, 0.5) is 11.4 Å². The van der Waals surface area contributed by atoms with Crippen molar-refractivity contribution in [1.29, 1.82) is 0 Å². The monoisotopic (exact) mass is 796 g/mol. The van der Waals surface area contributed by atoms with Crippen LogP contribution in [0.1, 0.15) is 24.3 Å². The minimum absolute atomic E-state index is 0.0313. The number of fused-ring (bicyclic) bond motifs is 6. The summed E-state index contributed by atoms with van der Waals surface area (Å²) in [7, 11) is 0. The Hall–Kier alpha value is -7.18. The van der Waals surface area contributed by atoms with E-state index >= 15 is 0 Å². The van der Waals surface area contributed by atoms with Crippen LogP contribution in [0.25, 0.3) is 45.1 Å². The molecule has 0 unspecified atom stereocenters. The van der Waals surface area contributed by atoms with Crippen molar-refractivity contribution in [2.45, 2.75) is 18.8 Å². The molecule has 1 N–H and O–H groups in total. The molecule has 3 fully saturated rings. The summed E-state index contributed by atoms with van der Waals surface area (Å²) in [6.07, 6.45) is 2.53. The molecule has 2 aliphatic carbocycles. The van der Waals surface area contributed by atoms with Crippen LogP contribution in [0.3, 0.4) is 0 Å². The van der Waals surface area contributed by atoms with Gasteiger partial charge < -0.3 is 18.7 Å². The van der Waals surface area contributed by atoms with E-state index in [4.69, 9.17) is 13.6 Å². The fourth-order valence-corrected chi connectivity index (χ4v) is 9.97. The van der Waals surface area contributed by atoms with E-state index in [0.29, 0.717) is 63.2 Å². The largest absolute Gasteiger partial charge is 0.491 e. The molecule has 4 aliphatic rings. The Morgan fingerprint density at radius 1 is 0.600 bits per heavy atom. The van der Waals surface area contributed by atoms with Gasteiger partial charge in [-0.3, -0.25) is 29.0 Å². The van der Waals surface area contributed by atoms with E-state index in [1.807, 2.05) is 72.8 Å². The third-order valence-electron chi connectivity index (χ3n) is 12.6. The Balaban J connectivity index is 0.937. The first-order valence-corrected chi connectivity index (χ1v) is 20.1. The molecule has 12 nitrogen and oxygen atoms in total. The lowest BCUT2D eigenvalue weighted by molar-refractivity contribution is -0.126. The highest BCUT2D eigenvalue weighted by Crippen LogP contribution is 2.59. The van der Waals surface area contributed by atoms with Gasteiger partial charge >= 0.3 is 0 Å². The van der Waals surface area contributed by atoms with E-state index in [0.717, 1.165) is 16.6 Å². The number of anilines is 2. The molecule has 0 spiro atoms. The summed E-state index contributed by atoms with van der Waals surface area (Å²) in [5, 5.41) is 9.68. The molecular formula is C48H36N4O8. The fourth-order valence-electron chi connectivity index (χ4n) is 9.97.